The summed E-state index contributed by atoms with van der Waals surface area (Å²) < 4.78 is 8.80. The molecule has 0 fully saturated rings. The second-order valence-electron chi connectivity index (χ2n) is 3.45. The first-order valence-corrected chi connectivity index (χ1v) is 6.15. The maximum absolute atomic E-state index is 11.4. The molecule has 0 aliphatic carbocycles. The quantitative estimate of drug-likeness (QED) is 0.484. The van der Waals surface area contributed by atoms with E-state index in [1.165, 1.54) is 12.1 Å². The monoisotopic (exact) mass is 279 g/mol. The van der Waals surface area contributed by atoms with E-state index in [1.807, 2.05) is 0 Å². The van der Waals surface area contributed by atoms with Gasteiger partial charge in [-0.2, -0.15) is 4.37 Å². The van der Waals surface area contributed by atoms with Gasteiger partial charge in [0.25, 0.3) is 5.69 Å². The van der Waals surface area contributed by atoms with Gasteiger partial charge in [0, 0.05) is 17.7 Å². The Bertz CT molecular complexity index is 626. The van der Waals surface area contributed by atoms with Crippen LogP contribution in [-0.2, 0) is 4.74 Å². The number of esters is 1. The van der Waals surface area contributed by atoms with Gasteiger partial charge in [0.05, 0.1) is 11.5 Å². The number of nitro groups is 1. The summed E-state index contributed by atoms with van der Waals surface area (Å²) in [4.78, 5) is 25.6. The molecule has 0 atom stereocenters. The van der Waals surface area contributed by atoms with Gasteiger partial charge in [-0.1, -0.05) is 12.1 Å². The lowest BCUT2D eigenvalue weighted by molar-refractivity contribution is -0.384. The van der Waals surface area contributed by atoms with Crippen molar-refractivity contribution in [1.29, 1.82) is 0 Å². The van der Waals surface area contributed by atoms with E-state index in [4.69, 9.17) is 4.74 Å². The summed E-state index contributed by atoms with van der Waals surface area (Å²) >= 11 is 0.901. The molecule has 0 saturated heterocycles. The molecule has 0 N–H and O–H groups in total. The molecule has 0 bridgehead atoms. The Labute approximate surface area is 112 Å². The van der Waals surface area contributed by atoms with Gasteiger partial charge in [-0.05, 0) is 18.5 Å². The van der Waals surface area contributed by atoms with Crippen LogP contribution in [-0.4, -0.2) is 26.9 Å². The Morgan fingerprint density at radius 1 is 1.53 bits per heavy atom. The molecule has 0 saturated carbocycles. The SMILES string of the molecule is CCOC(=O)c1nc(-c2cccc([N+](=O)[O-])c2)ns1. The van der Waals surface area contributed by atoms with Crippen LogP contribution in [0.15, 0.2) is 24.3 Å². The van der Waals surface area contributed by atoms with Gasteiger partial charge < -0.3 is 4.74 Å². The number of carbonyl (C=O) groups excluding carboxylic acids is 1. The highest BCUT2D eigenvalue weighted by Gasteiger charge is 2.16. The van der Waals surface area contributed by atoms with Gasteiger partial charge in [0.15, 0.2) is 5.82 Å². The Hall–Kier alpha value is -2.35. The van der Waals surface area contributed by atoms with E-state index < -0.39 is 10.9 Å². The van der Waals surface area contributed by atoms with Crippen molar-refractivity contribution in [3.05, 3.63) is 39.4 Å². The molecule has 19 heavy (non-hydrogen) atoms. The lowest BCUT2D eigenvalue weighted by Gasteiger charge is -1.96. The van der Waals surface area contributed by atoms with E-state index in [1.54, 1.807) is 19.1 Å². The minimum absolute atomic E-state index is 0.0509. The molecule has 8 heteroatoms. The maximum Gasteiger partial charge on any atom is 0.369 e. The first-order valence-electron chi connectivity index (χ1n) is 5.37. The minimum atomic E-state index is -0.545. The van der Waals surface area contributed by atoms with E-state index >= 15 is 0 Å². The second-order valence-corrected chi connectivity index (χ2v) is 4.20. The van der Waals surface area contributed by atoms with Gasteiger partial charge in [0.1, 0.15) is 0 Å². The molecule has 0 unspecified atom stereocenters. The molecule has 7 nitrogen and oxygen atoms in total. The van der Waals surface area contributed by atoms with Crippen LogP contribution in [0.1, 0.15) is 16.7 Å². The Morgan fingerprint density at radius 2 is 2.32 bits per heavy atom. The molecule has 0 spiro atoms. The van der Waals surface area contributed by atoms with Crippen LogP contribution < -0.4 is 0 Å². The molecule has 1 aromatic heterocycles. The van der Waals surface area contributed by atoms with E-state index in [0.29, 0.717) is 5.56 Å². The molecule has 2 rings (SSSR count). The molecular weight excluding hydrogens is 270 g/mol. The molecule has 0 amide bonds. The van der Waals surface area contributed by atoms with Crippen molar-refractivity contribution >= 4 is 23.2 Å². The van der Waals surface area contributed by atoms with Crippen molar-refractivity contribution in [3.8, 4) is 11.4 Å². The topological polar surface area (TPSA) is 95.2 Å². The Kier molecular flexibility index (Phi) is 3.81. The van der Waals surface area contributed by atoms with Gasteiger partial charge in [-0.15, -0.1) is 0 Å². The highest BCUT2D eigenvalue weighted by atomic mass is 32.1. The lowest BCUT2D eigenvalue weighted by atomic mass is 10.2. The first kappa shape index (κ1) is 13.1. The fourth-order valence-corrected chi connectivity index (χ4v) is 1.95. The fraction of sp³-hybridized carbons (Fsp3) is 0.182. The molecular formula is C11H9N3O4S. The predicted octanol–water partition coefficient (Wildman–Crippen LogP) is 2.29. The number of hydrogen-bond donors (Lipinski definition) is 0. The summed E-state index contributed by atoms with van der Waals surface area (Å²) in [5.74, 6) is -0.270. The molecule has 1 aromatic carbocycles. The Balaban J connectivity index is 2.30. The third-order valence-corrected chi connectivity index (χ3v) is 2.89. The van der Waals surface area contributed by atoms with Crippen LogP contribution in [0, 0.1) is 10.1 Å². The lowest BCUT2D eigenvalue weighted by Crippen LogP contribution is -2.03. The molecule has 0 aliphatic rings. The molecule has 98 valence electrons. The van der Waals surface area contributed by atoms with E-state index in [-0.39, 0.29) is 23.1 Å². The van der Waals surface area contributed by atoms with Crippen LogP contribution in [0.25, 0.3) is 11.4 Å². The summed E-state index contributed by atoms with van der Waals surface area (Å²) in [6, 6.07) is 5.92. The normalized spacial score (nSPS) is 10.2. The molecule has 0 radical (unpaired) electrons. The molecule has 2 aromatic rings. The summed E-state index contributed by atoms with van der Waals surface area (Å²) in [5.41, 5.74) is 0.436. The van der Waals surface area contributed by atoms with Crippen LogP contribution in [0.2, 0.25) is 0 Å². The van der Waals surface area contributed by atoms with E-state index in [0.717, 1.165) is 11.5 Å². The van der Waals surface area contributed by atoms with Crippen molar-refractivity contribution < 1.29 is 14.5 Å². The van der Waals surface area contributed by atoms with Crippen LogP contribution in [0.3, 0.4) is 0 Å². The van der Waals surface area contributed by atoms with Crippen molar-refractivity contribution in [3.63, 3.8) is 0 Å². The Morgan fingerprint density at radius 3 is 3.00 bits per heavy atom. The zero-order chi connectivity index (χ0) is 13.8. The van der Waals surface area contributed by atoms with Crippen molar-refractivity contribution in [1.82, 2.24) is 9.36 Å². The summed E-state index contributed by atoms with van der Waals surface area (Å²) in [6.45, 7) is 1.95. The zero-order valence-corrected chi connectivity index (χ0v) is 10.7. The van der Waals surface area contributed by atoms with Crippen molar-refractivity contribution in [2.45, 2.75) is 6.92 Å². The second kappa shape index (κ2) is 5.53. The predicted molar refractivity (Wildman–Crippen MR) is 68.0 cm³/mol. The van der Waals surface area contributed by atoms with Gasteiger partial charge >= 0.3 is 5.97 Å². The summed E-state index contributed by atoms with van der Waals surface area (Å²) in [5, 5.41) is 10.8. The van der Waals surface area contributed by atoms with Crippen LogP contribution in [0.5, 0.6) is 0 Å². The van der Waals surface area contributed by atoms with Gasteiger partial charge in [-0.3, -0.25) is 10.1 Å². The third kappa shape index (κ3) is 2.91. The highest BCUT2D eigenvalue weighted by Crippen LogP contribution is 2.22. The molecule has 1 heterocycles. The number of non-ortho nitro benzene ring substituents is 1. The van der Waals surface area contributed by atoms with Crippen molar-refractivity contribution in [2.24, 2.45) is 0 Å². The van der Waals surface area contributed by atoms with Crippen LogP contribution >= 0.6 is 11.5 Å². The van der Waals surface area contributed by atoms with E-state index in [9.17, 15) is 14.9 Å². The van der Waals surface area contributed by atoms with Crippen LogP contribution in [0.4, 0.5) is 5.69 Å². The number of carbonyl (C=O) groups is 1. The largest absolute Gasteiger partial charge is 0.461 e. The standard InChI is InChI=1S/C11H9N3O4S/c1-2-18-11(15)10-12-9(13-19-10)7-4-3-5-8(6-7)14(16)17/h3-6H,2H2,1H3. The maximum atomic E-state index is 11.4. The fourth-order valence-electron chi connectivity index (χ4n) is 1.38. The zero-order valence-electron chi connectivity index (χ0n) is 9.90. The van der Waals surface area contributed by atoms with Gasteiger partial charge in [-0.25, -0.2) is 9.78 Å². The number of nitrogens with zero attached hydrogens (tertiary/aromatic N) is 3. The minimum Gasteiger partial charge on any atom is -0.461 e. The van der Waals surface area contributed by atoms with Crippen molar-refractivity contribution in [2.75, 3.05) is 6.61 Å². The number of ether oxygens (including phenoxy) is 1. The highest BCUT2D eigenvalue weighted by molar-refractivity contribution is 7.07. The average molecular weight is 279 g/mol. The first-order chi connectivity index (χ1) is 9.11. The number of benzene rings is 1. The average Bonchev–Trinajstić information content (AvgIpc) is 2.89. The number of aromatic nitrogens is 2. The molecule has 0 aliphatic heterocycles. The van der Waals surface area contributed by atoms with E-state index in [2.05, 4.69) is 9.36 Å². The number of nitro benzene ring substituents is 1. The third-order valence-electron chi connectivity index (χ3n) is 2.19. The smallest absolute Gasteiger partial charge is 0.369 e. The number of hydrogen-bond acceptors (Lipinski definition) is 7. The van der Waals surface area contributed by atoms with Gasteiger partial charge in [0.2, 0.25) is 5.01 Å². The summed E-state index contributed by atoms with van der Waals surface area (Å²) in [7, 11) is 0. The number of rotatable bonds is 4. The summed E-state index contributed by atoms with van der Waals surface area (Å²) in [6.07, 6.45) is 0.